The Balaban J connectivity index is 2.00. The van der Waals surface area contributed by atoms with Gasteiger partial charge in [-0.1, -0.05) is 6.42 Å². The number of hydrogen-bond donors (Lipinski definition) is 0. The van der Waals surface area contributed by atoms with Crippen molar-refractivity contribution in [1.82, 2.24) is 24.1 Å². The predicted molar refractivity (Wildman–Crippen MR) is 80.4 cm³/mol. The second kappa shape index (κ2) is 6.13. The maximum Gasteiger partial charge on any atom is 0.245 e. The molecule has 2 aromatic rings. The fourth-order valence-electron chi connectivity index (χ4n) is 2.85. The number of aromatic nitrogens is 4. The Bertz CT molecular complexity index is 729. The molecular formula is C14H19N5O2S. The van der Waals surface area contributed by atoms with Crippen molar-refractivity contribution in [3.05, 3.63) is 36.7 Å². The zero-order valence-corrected chi connectivity index (χ0v) is 13.3. The Morgan fingerprint density at radius 2 is 2.23 bits per heavy atom. The average molecular weight is 321 g/mol. The van der Waals surface area contributed by atoms with Gasteiger partial charge in [-0.25, -0.2) is 8.42 Å². The van der Waals surface area contributed by atoms with Crippen LogP contribution in [0.15, 0.2) is 35.7 Å². The maximum atomic E-state index is 12.9. The van der Waals surface area contributed by atoms with E-state index in [0.717, 1.165) is 31.6 Å². The molecule has 1 fully saturated rings. The molecule has 1 saturated heterocycles. The summed E-state index contributed by atoms with van der Waals surface area (Å²) in [4.78, 5) is 4.15. The SMILES string of the molecule is CCn1cnnc1[C@@H]1CCCCN1S(=O)(=O)c1cccnc1. The number of pyridine rings is 1. The van der Waals surface area contributed by atoms with Gasteiger partial charge in [-0.2, -0.15) is 4.31 Å². The highest BCUT2D eigenvalue weighted by molar-refractivity contribution is 7.89. The summed E-state index contributed by atoms with van der Waals surface area (Å²) < 4.78 is 29.3. The summed E-state index contributed by atoms with van der Waals surface area (Å²) in [7, 11) is -3.57. The van der Waals surface area contributed by atoms with E-state index in [1.807, 2.05) is 11.5 Å². The number of nitrogens with zero attached hydrogens (tertiary/aromatic N) is 5. The molecule has 3 heterocycles. The first-order chi connectivity index (χ1) is 10.6. The molecule has 7 nitrogen and oxygen atoms in total. The smallest absolute Gasteiger partial charge is 0.245 e. The molecule has 2 aromatic heterocycles. The minimum Gasteiger partial charge on any atom is -0.317 e. The van der Waals surface area contributed by atoms with Gasteiger partial charge in [0, 0.05) is 25.5 Å². The Morgan fingerprint density at radius 3 is 2.95 bits per heavy atom. The first-order valence-corrected chi connectivity index (χ1v) is 8.88. The van der Waals surface area contributed by atoms with Gasteiger partial charge in [-0.05, 0) is 31.9 Å². The Morgan fingerprint density at radius 1 is 1.36 bits per heavy atom. The number of piperidine rings is 1. The van der Waals surface area contributed by atoms with Gasteiger partial charge in [0.1, 0.15) is 11.2 Å². The third-order valence-corrected chi connectivity index (χ3v) is 5.87. The first kappa shape index (κ1) is 15.1. The molecule has 0 amide bonds. The molecule has 1 aliphatic heterocycles. The Kier molecular flexibility index (Phi) is 4.21. The van der Waals surface area contributed by atoms with Crippen LogP contribution >= 0.6 is 0 Å². The first-order valence-electron chi connectivity index (χ1n) is 7.44. The molecule has 8 heteroatoms. The maximum absolute atomic E-state index is 12.9. The summed E-state index contributed by atoms with van der Waals surface area (Å²) in [5.41, 5.74) is 0. The van der Waals surface area contributed by atoms with Crippen LogP contribution in [0.25, 0.3) is 0 Å². The highest BCUT2D eigenvalue weighted by Gasteiger charge is 2.36. The third-order valence-electron chi connectivity index (χ3n) is 3.98. The van der Waals surface area contributed by atoms with Gasteiger partial charge in [-0.15, -0.1) is 10.2 Å². The van der Waals surface area contributed by atoms with E-state index in [1.54, 1.807) is 29.0 Å². The zero-order valence-electron chi connectivity index (χ0n) is 12.5. The lowest BCUT2D eigenvalue weighted by Gasteiger charge is -2.33. The van der Waals surface area contributed by atoms with Gasteiger partial charge in [0.2, 0.25) is 10.0 Å². The van der Waals surface area contributed by atoms with Gasteiger partial charge < -0.3 is 4.57 Å². The lowest BCUT2D eigenvalue weighted by molar-refractivity contribution is 0.241. The minimum absolute atomic E-state index is 0.226. The van der Waals surface area contributed by atoms with Crippen LogP contribution in [0.3, 0.4) is 0 Å². The summed E-state index contributed by atoms with van der Waals surface area (Å²) in [6.45, 7) is 3.22. The number of aryl methyl sites for hydroxylation is 1. The molecule has 0 saturated carbocycles. The molecule has 0 N–H and O–H groups in total. The van der Waals surface area contributed by atoms with Gasteiger partial charge in [0.15, 0.2) is 5.82 Å². The Labute approximate surface area is 130 Å². The average Bonchev–Trinajstić information content (AvgIpc) is 3.04. The van der Waals surface area contributed by atoms with Crippen LogP contribution in [0.2, 0.25) is 0 Å². The standard InChI is InChI=1S/C14H19N5O2S/c1-2-18-11-16-17-14(18)13-7-3-4-9-19(13)22(20,21)12-6-5-8-15-10-12/h5-6,8,10-11,13H,2-4,7,9H2,1H3/t13-/m0/s1. The summed E-state index contributed by atoms with van der Waals surface area (Å²) in [6.07, 6.45) is 7.22. The van der Waals surface area contributed by atoms with Crippen molar-refractivity contribution in [3.8, 4) is 0 Å². The van der Waals surface area contributed by atoms with E-state index in [0.29, 0.717) is 6.54 Å². The largest absolute Gasteiger partial charge is 0.317 e. The molecular weight excluding hydrogens is 302 g/mol. The van der Waals surface area contributed by atoms with E-state index in [1.165, 1.54) is 6.20 Å². The van der Waals surface area contributed by atoms with E-state index in [9.17, 15) is 8.42 Å². The van der Waals surface area contributed by atoms with Crippen LogP contribution < -0.4 is 0 Å². The fraction of sp³-hybridized carbons (Fsp3) is 0.500. The number of rotatable bonds is 4. The topological polar surface area (TPSA) is 81.0 Å². The van der Waals surface area contributed by atoms with E-state index >= 15 is 0 Å². The number of hydrogen-bond acceptors (Lipinski definition) is 5. The van der Waals surface area contributed by atoms with E-state index in [2.05, 4.69) is 15.2 Å². The number of sulfonamides is 1. The fourth-order valence-corrected chi connectivity index (χ4v) is 4.47. The summed E-state index contributed by atoms with van der Waals surface area (Å²) >= 11 is 0. The van der Waals surface area contributed by atoms with Crippen molar-refractivity contribution in [2.75, 3.05) is 6.54 Å². The molecule has 22 heavy (non-hydrogen) atoms. The molecule has 118 valence electrons. The van der Waals surface area contributed by atoms with Crippen LogP contribution in [-0.4, -0.2) is 39.0 Å². The van der Waals surface area contributed by atoms with E-state index in [4.69, 9.17) is 0 Å². The zero-order chi connectivity index (χ0) is 15.6. The summed E-state index contributed by atoms with van der Waals surface area (Å²) in [6, 6.07) is 2.96. The Hall–Kier alpha value is -1.80. The van der Waals surface area contributed by atoms with Crippen molar-refractivity contribution in [2.24, 2.45) is 0 Å². The van der Waals surface area contributed by atoms with Crippen LogP contribution in [-0.2, 0) is 16.6 Å². The highest BCUT2D eigenvalue weighted by Crippen LogP contribution is 2.34. The van der Waals surface area contributed by atoms with Crippen molar-refractivity contribution < 1.29 is 8.42 Å². The van der Waals surface area contributed by atoms with Crippen molar-refractivity contribution >= 4 is 10.0 Å². The monoisotopic (exact) mass is 321 g/mol. The van der Waals surface area contributed by atoms with Crippen LogP contribution in [0, 0.1) is 0 Å². The molecule has 0 spiro atoms. The molecule has 0 unspecified atom stereocenters. The quantitative estimate of drug-likeness (QED) is 0.854. The highest BCUT2D eigenvalue weighted by atomic mass is 32.2. The van der Waals surface area contributed by atoms with Crippen molar-refractivity contribution in [1.29, 1.82) is 0 Å². The van der Waals surface area contributed by atoms with Gasteiger partial charge in [-0.3, -0.25) is 4.98 Å². The van der Waals surface area contributed by atoms with E-state index < -0.39 is 10.0 Å². The second-order valence-corrected chi connectivity index (χ2v) is 7.18. The minimum atomic E-state index is -3.57. The van der Waals surface area contributed by atoms with Crippen molar-refractivity contribution in [3.63, 3.8) is 0 Å². The second-order valence-electron chi connectivity index (χ2n) is 5.29. The van der Waals surface area contributed by atoms with Crippen molar-refractivity contribution in [2.45, 2.75) is 43.7 Å². The molecule has 0 bridgehead atoms. The predicted octanol–water partition coefficient (Wildman–Crippen LogP) is 1.61. The van der Waals surface area contributed by atoms with Gasteiger partial charge >= 0.3 is 0 Å². The lowest BCUT2D eigenvalue weighted by atomic mass is 10.0. The molecule has 0 radical (unpaired) electrons. The lowest BCUT2D eigenvalue weighted by Crippen LogP contribution is -2.39. The van der Waals surface area contributed by atoms with E-state index in [-0.39, 0.29) is 10.9 Å². The third kappa shape index (κ3) is 2.64. The normalized spacial score (nSPS) is 20.1. The summed E-state index contributed by atoms with van der Waals surface area (Å²) in [5, 5.41) is 8.10. The molecule has 3 rings (SSSR count). The van der Waals surface area contributed by atoms with Crippen LogP contribution in [0.4, 0.5) is 0 Å². The molecule has 1 atom stereocenters. The van der Waals surface area contributed by atoms with Gasteiger partial charge in [0.05, 0.1) is 6.04 Å². The molecule has 1 aliphatic rings. The molecule has 0 aliphatic carbocycles. The summed E-state index contributed by atoms with van der Waals surface area (Å²) in [5.74, 6) is 0.717. The van der Waals surface area contributed by atoms with Crippen LogP contribution in [0.1, 0.15) is 38.1 Å². The van der Waals surface area contributed by atoms with Gasteiger partial charge in [0.25, 0.3) is 0 Å². The van der Waals surface area contributed by atoms with Crippen LogP contribution in [0.5, 0.6) is 0 Å². The molecule has 0 aromatic carbocycles.